The molecule has 6 nitrogen and oxygen atoms in total. The normalized spacial score (nSPS) is 25.1. The average molecular weight is 277 g/mol. The van der Waals surface area contributed by atoms with Gasteiger partial charge in [0, 0.05) is 25.2 Å². The molecule has 110 valence electrons. The van der Waals surface area contributed by atoms with Crippen LogP contribution in [0.25, 0.3) is 0 Å². The van der Waals surface area contributed by atoms with Gasteiger partial charge in [-0.05, 0) is 32.4 Å². The van der Waals surface area contributed by atoms with E-state index in [0.717, 1.165) is 44.8 Å². The molecule has 2 aliphatic rings. The van der Waals surface area contributed by atoms with E-state index >= 15 is 0 Å². The zero-order valence-electron chi connectivity index (χ0n) is 12.0. The number of likely N-dealkylation sites (tertiary alicyclic amines) is 1. The number of hydrogen-bond acceptors (Lipinski definition) is 6. The van der Waals surface area contributed by atoms with Crippen LogP contribution < -0.4 is 15.4 Å². The molecule has 0 aromatic carbocycles. The van der Waals surface area contributed by atoms with Crippen molar-refractivity contribution in [1.82, 2.24) is 14.9 Å². The Labute approximate surface area is 119 Å². The number of methoxy groups -OCH3 is 1. The first-order valence-electron chi connectivity index (χ1n) is 7.37. The van der Waals surface area contributed by atoms with Crippen molar-refractivity contribution in [2.24, 2.45) is 5.73 Å². The van der Waals surface area contributed by atoms with Crippen LogP contribution in [0.1, 0.15) is 19.3 Å². The Hall–Kier alpha value is -1.40. The van der Waals surface area contributed by atoms with E-state index < -0.39 is 0 Å². The van der Waals surface area contributed by atoms with Gasteiger partial charge in [-0.1, -0.05) is 0 Å². The highest BCUT2D eigenvalue weighted by Gasteiger charge is 2.30. The molecule has 1 aromatic rings. The van der Waals surface area contributed by atoms with Gasteiger partial charge in [0.1, 0.15) is 0 Å². The fourth-order valence-corrected chi connectivity index (χ4v) is 3.12. The second-order valence-electron chi connectivity index (χ2n) is 5.68. The van der Waals surface area contributed by atoms with E-state index in [2.05, 4.69) is 19.8 Å². The largest absolute Gasteiger partial charge is 0.480 e. The molecule has 3 heterocycles. The molecule has 0 amide bonds. The molecule has 0 bridgehead atoms. The quantitative estimate of drug-likeness (QED) is 0.867. The standard InChI is InChI=1S/C14H23N5O/c1-20-14-9-16-8-13(17-14)19-7-4-12(10-19)18-5-2-11(15)3-6-18/h8-9,11-12H,2-7,10,15H2,1H3. The maximum Gasteiger partial charge on any atom is 0.233 e. The molecule has 2 fully saturated rings. The van der Waals surface area contributed by atoms with Crippen molar-refractivity contribution in [3.05, 3.63) is 12.4 Å². The fraction of sp³-hybridized carbons (Fsp3) is 0.714. The number of piperidine rings is 1. The van der Waals surface area contributed by atoms with Crippen molar-refractivity contribution < 1.29 is 4.74 Å². The second kappa shape index (κ2) is 5.93. The lowest BCUT2D eigenvalue weighted by Crippen LogP contribution is -2.46. The SMILES string of the molecule is COc1cncc(N2CCC(N3CCC(N)CC3)C2)n1. The van der Waals surface area contributed by atoms with Crippen LogP contribution in [0.3, 0.4) is 0 Å². The van der Waals surface area contributed by atoms with E-state index in [-0.39, 0.29) is 0 Å². The van der Waals surface area contributed by atoms with E-state index in [0.29, 0.717) is 18.0 Å². The summed E-state index contributed by atoms with van der Waals surface area (Å²) in [5.74, 6) is 1.50. The molecule has 3 rings (SSSR count). The third-order valence-electron chi connectivity index (χ3n) is 4.39. The number of hydrogen-bond donors (Lipinski definition) is 1. The van der Waals surface area contributed by atoms with Crippen LogP contribution in [0, 0.1) is 0 Å². The molecule has 2 N–H and O–H groups in total. The van der Waals surface area contributed by atoms with Crippen molar-refractivity contribution in [3.63, 3.8) is 0 Å². The van der Waals surface area contributed by atoms with Crippen LogP contribution in [0.5, 0.6) is 5.88 Å². The minimum atomic E-state index is 0.396. The van der Waals surface area contributed by atoms with Gasteiger partial charge in [0.25, 0.3) is 0 Å². The first kappa shape index (κ1) is 13.6. The third-order valence-corrected chi connectivity index (χ3v) is 4.39. The van der Waals surface area contributed by atoms with Crippen molar-refractivity contribution in [3.8, 4) is 5.88 Å². The smallest absolute Gasteiger partial charge is 0.233 e. The number of rotatable bonds is 3. The van der Waals surface area contributed by atoms with Crippen molar-refractivity contribution in [1.29, 1.82) is 0 Å². The van der Waals surface area contributed by atoms with Gasteiger partial charge in [-0.25, -0.2) is 0 Å². The van der Waals surface area contributed by atoms with Gasteiger partial charge in [0.2, 0.25) is 5.88 Å². The van der Waals surface area contributed by atoms with Gasteiger partial charge < -0.3 is 15.4 Å². The van der Waals surface area contributed by atoms with Gasteiger partial charge in [0.15, 0.2) is 5.82 Å². The number of ether oxygens (including phenoxy) is 1. The van der Waals surface area contributed by atoms with Crippen LogP contribution in [0.2, 0.25) is 0 Å². The molecular formula is C14H23N5O. The highest BCUT2D eigenvalue weighted by Crippen LogP contribution is 2.24. The number of nitrogens with zero attached hydrogens (tertiary/aromatic N) is 4. The Morgan fingerprint density at radius 2 is 2.00 bits per heavy atom. The number of nitrogens with two attached hydrogens (primary N) is 1. The summed E-state index contributed by atoms with van der Waals surface area (Å²) in [5.41, 5.74) is 5.98. The van der Waals surface area contributed by atoms with Gasteiger partial charge in [0.05, 0.1) is 19.5 Å². The molecule has 6 heteroatoms. The topological polar surface area (TPSA) is 67.5 Å². The Kier molecular flexibility index (Phi) is 4.03. The zero-order valence-corrected chi connectivity index (χ0v) is 12.0. The zero-order chi connectivity index (χ0) is 13.9. The number of anilines is 1. The Bertz CT molecular complexity index is 447. The van der Waals surface area contributed by atoms with Crippen LogP contribution >= 0.6 is 0 Å². The van der Waals surface area contributed by atoms with E-state index in [1.54, 1.807) is 13.3 Å². The van der Waals surface area contributed by atoms with E-state index in [9.17, 15) is 0 Å². The van der Waals surface area contributed by atoms with Crippen LogP contribution in [0.4, 0.5) is 5.82 Å². The van der Waals surface area contributed by atoms with Crippen LogP contribution in [0.15, 0.2) is 12.4 Å². The maximum absolute atomic E-state index is 5.98. The van der Waals surface area contributed by atoms with E-state index in [1.165, 1.54) is 6.42 Å². The molecule has 1 atom stereocenters. The second-order valence-corrected chi connectivity index (χ2v) is 5.68. The van der Waals surface area contributed by atoms with Crippen LogP contribution in [-0.4, -0.2) is 60.2 Å². The lowest BCUT2D eigenvalue weighted by molar-refractivity contribution is 0.163. The van der Waals surface area contributed by atoms with Gasteiger partial charge in [-0.2, -0.15) is 4.98 Å². The summed E-state index contributed by atoms with van der Waals surface area (Å²) in [6.45, 7) is 4.32. The molecule has 0 aliphatic carbocycles. The molecule has 1 unspecified atom stereocenters. The summed E-state index contributed by atoms with van der Waals surface area (Å²) in [7, 11) is 1.62. The highest BCUT2D eigenvalue weighted by atomic mass is 16.5. The Balaban J connectivity index is 1.61. The third kappa shape index (κ3) is 2.86. The molecule has 2 aliphatic heterocycles. The minimum Gasteiger partial charge on any atom is -0.480 e. The first-order chi connectivity index (χ1) is 9.76. The Morgan fingerprint density at radius 3 is 2.75 bits per heavy atom. The molecule has 2 saturated heterocycles. The summed E-state index contributed by atoms with van der Waals surface area (Å²) in [4.78, 5) is 13.5. The first-order valence-corrected chi connectivity index (χ1v) is 7.37. The van der Waals surface area contributed by atoms with E-state index in [1.807, 2.05) is 6.20 Å². The lowest BCUT2D eigenvalue weighted by Gasteiger charge is -2.34. The minimum absolute atomic E-state index is 0.396. The molecule has 0 saturated carbocycles. The van der Waals surface area contributed by atoms with Gasteiger partial charge >= 0.3 is 0 Å². The summed E-state index contributed by atoms with van der Waals surface area (Å²) < 4.78 is 5.14. The molecule has 0 spiro atoms. The van der Waals surface area contributed by atoms with Crippen molar-refractivity contribution >= 4 is 5.82 Å². The number of aromatic nitrogens is 2. The molecular weight excluding hydrogens is 254 g/mol. The highest BCUT2D eigenvalue weighted by molar-refractivity contribution is 5.39. The predicted octanol–water partition coefficient (Wildman–Crippen LogP) is 0.487. The summed E-state index contributed by atoms with van der Waals surface area (Å²) in [6, 6.07) is 1.02. The van der Waals surface area contributed by atoms with E-state index in [4.69, 9.17) is 10.5 Å². The van der Waals surface area contributed by atoms with Crippen molar-refractivity contribution in [2.75, 3.05) is 38.2 Å². The average Bonchev–Trinajstić information content (AvgIpc) is 2.98. The molecule has 20 heavy (non-hydrogen) atoms. The van der Waals surface area contributed by atoms with Gasteiger partial charge in [-0.3, -0.25) is 9.88 Å². The molecule has 0 radical (unpaired) electrons. The predicted molar refractivity (Wildman–Crippen MR) is 78.0 cm³/mol. The fourth-order valence-electron chi connectivity index (χ4n) is 3.12. The monoisotopic (exact) mass is 277 g/mol. The lowest BCUT2D eigenvalue weighted by atomic mass is 10.0. The summed E-state index contributed by atoms with van der Waals surface area (Å²) >= 11 is 0. The molecule has 1 aromatic heterocycles. The summed E-state index contributed by atoms with van der Waals surface area (Å²) in [6.07, 6.45) is 6.89. The van der Waals surface area contributed by atoms with Crippen molar-refractivity contribution in [2.45, 2.75) is 31.3 Å². The van der Waals surface area contributed by atoms with Gasteiger partial charge in [-0.15, -0.1) is 0 Å². The maximum atomic E-state index is 5.98. The summed E-state index contributed by atoms with van der Waals surface area (Å²) in [5, 5.41) is 0. The Morgan fingerprint density at radius 1 is 1.20 bits per heavy atom. The van der Waals surface area contributed by atoms with Crippen LogP contribution in [-0.2, 0) is 0 Å².